The van der Waals surface area contributed by atoms with E-state index in [1.807, 2.05) is 12.1 Å². The van der Waals surface area contributed by atoms with Crippen LogP contribution in [0.5, 0.6) is 5.75 Å². The molecule has 110 valence electrons. The SMILES string of the molecule is O=C(NCCOc1ccc(Br)cc1)c1c(F)cccc1F. The third kappa shape index (κ3) is 4.26. The van der Waals surface area contributed by atoms with Crippen molar-refractivity contribution in [2.24, 2.45) is 0 Å². The normalized spacial score (nSPS) is 10.2. The number of hydrogen-bond acceptors (Lipinski definition) is 2. The highest BCUT2D eigenvalue weighted by Gasteiger charge is 2.16. The van der Waals surface area contributed by atoms with Crippen LogP contribution in [-0.2, 0) is 0 Å². The van der Waals surface area contributed by atoms with Crippen molar-refractivity contribution >= 4 is 21.8 Å². The van der Waals surface area contributed by atoms with Gasteiger partial charge in [0.15, 0.2) is 0 Å². The molecule has 0 spiro atoms. The molecular formula is C15H12BrF2NO2. The van der Waals surface area contributed by atoms with Gasteiger partial charge in [0.2, 0.25) is 0 Å². The van der Waals surface area contributed by atoms with Crippen LogP contribution >= 0.6 is 15.9 Å². The summed E-state index contributed by atoms with van der Waals surface area (Å²) in [6.45, 7) is 0.339. The van der Waals surface area contributed by atoms with E-state index in [0.717, 1.165) is 16.6 Å². The first-order valence-corrected chi connectivity index (χ1v) is 6.98. The molecule has 2 aromatic carbocycles. The van der Waals surface area contributed by atoms with E-state index in [2.05, 4.69) is 21.2 Å². The van der Waals surface area contributed by atoms with Crippen LogP contribution in [0.15, 0.2) is 46.9 Å². The Morgan fingerprint density at radius 2 is 1.71 bits per heavy atom. The lowest BCUT2D eigenvalue weighted by atomic mass is 10.2. The van der Waals surface area contributed by atoms with Gasteiger partial charge in [0.25, 0.3) is 5.91 Å². The van der Waals surface area contributed by atoms with E-state index < -0.39 is 23.1 Å². The zero-order valence-electron chi connectivity index (χ0n) is 10.9. The highest BCUT2D eigenvalue weighted by atomic mass is 79.9. The lowest BCUT2D eigenvalue weighted by molar-refractivity contribution is 0.0938. The largest absolute Gasteiger partial charge is 0.492 e. The summed E-state index contributed by atoms with van der Waals surface area (Å²) in [7, 11) is 0. The predicted molar refractivity (Wildman–Crippen MR) is 78.3 cm³/mol. The Morgan fingerprint density at radius 1 is 1.10 bits per heavy atom. The zero-order chi connectivity index (χ0) is 15.2. The first-order valence-electron chi connectivity index (χ1n) is 6.18. The van der Waals surface area contributed by atoms with Crippen LogP contribution in [0.2, 0.25) is 0 Å². The van der Waals surface area contributed by atoms with E-state index in [9.17, 15) is 13.6 Å². The number of halogens is 3. The van der Waals surface area contributed by atoms with Crippen LogP contribution in [0.1, 0.15) is 10.4 Å². The molecule has 2 rings (SSSR count). The summed E-state index contributed by atoms with van der Waals surface area (Å²) in [6, 6.07) is 10.5. The average Bonchev–Trinajstić information content (AvgIpc) is 2.45. The molecule has 0 bridgehead atoms. The number of carbonyl (C=O) groups excluding carboxylic acids is 1. The molecule has 0 aliphatic heterocycles. The molecule has 1 amide bonds. The molecule has 0 aliphatic carbocycles. The average molecular weight is 356 g/mol. The van der Waals surface area contributed by atoms with Crippen LogP contribution in [0.4, 0.5) is 8.78 Å². The van der Waals surface area contributed by atoms with Gasteiger partial charge >= 0.3 is 0 Å². The van der Waals surface area contributed by atoms with Gasteiger partial charge in [0.1, 0.15) is 29.6 Å². The van der Waals surface area contributed by atoms with E-state index in [-0.39, 0.29) is 13.2 Å². The van der Waals surface area contributed by atoms with Crippen molar-refractivity contribution in [3.63, 3.8) is 0 Å². The van der Waals surface area contributed by atoms with Crippen molar-refractivity contribution in [2.45, 2.75) is 0 Å². The zero-order valence-corrected chi connectivity index (χ0v) is 12.5. The van der Waals surface area contributed by atoms with E-state index in [4.69, 9.17) is 4.74 Å². The van der Waals surface area contributed by atoms with Crippen molar-refractivity contribution in [3.8, 4) is 5.75 Å². The fourth-order valence-electron chi connectivity index (χ4n) is 1.67. The molecule has 3 nitrogen and oxygen atoms in total. The number of benzene rings is 2. The summed E-state index contributed by atoms with van der Waals surface area (Å²) in [4.78, 5) is 11.7. The van der Waals surface area contributed by atoms with Gasteiger partial charge in [0.05, 0.1) is 6.54 Å². The maximum absolute atomic E-state index is 13.4. The fraction of sp³-hybridized carbons (Fsp3) is 0.133. The number of ether oxygens (including phenoxy) is 1. The summed E-state index contributed by atoms with van der Waals surface area (Å²) < 4.78 is 33.1. The predicted octanol–water partition coefficient (Wildman–Crippen LogP) is 3.54. The quantitative estimate of drug-likeness (QED) is 0.833. The highest BCUT2D eigenvalue weighted by molar-refractivity contribution is 9.10. The molecule has 0 heterocycles. The number of hydrogen-bond donors (Lipinski definition) is 1. The molecule has 0 aliphatic rings. The maximum Gasteiger partial charge on any atom is 0.257 e. The number of amides is 1. The van der Waals surface area contributed by atoms with Crippen molar-refractivity contribution in [1.29, 1.82) is 0 Å². The third-order valence-electron chi connectivity index (χ3n) is 2.66. The van der Waals surface area contributed by atoms with Crippen LogP contribution in [0.3, 0.4) is 0 Å². The Labute approximate surface area is 129 Å². The van der Waals surface area contributed by atoms with Crippen molar-refractivity contribution in [2.75, 3.05) is 13.2 Å². The van der Waals surface area contributed by atoms with Crippen LogP contribution in [0.25, 0.3) is 0 Å². The molecule has 1 N–H and O–H groups in total. The molecule has 0 radical (unpaired) electrons. The first-order chi connectivity index (χ1) is 10.1. The molecule has 0 atom stereocenters. The molecular weight excluding hydrogens is 344 g/mol. The summed E-state index contributed by atoms with van der Waals surface area (Å²) in [6.07, 6.45) is 0. The van der Waals surface area contributed by atoms with Gasteiger partial charge < -0.3 is 10.1 Å². The number of rotatable bonds is 5. The molecule has 0 fully saturated rings. The lowest BCUT2D eigenvalue weighted by Gasteiger charge is -2.09. The Kier molecular flexibility index (Phi) is 5.27. The standard InChI is InChI=1S/C15H12BrF2NO2/c16-10-4-6-11(7-5-10)21-9-8-19-15(20)14-12(17)2-1-3-13(14)18/h1-7H,8-9H2,(H,19,20). The second kappa shape index (κ2) is 7.17. The minimum atomic E-state index is -0.888. The maximum atomic E-state index is 13.4. The van der Waals surface area contributed by atoms with Crippen molar-refractivity contribution in [3.05, 3.63) is 64.1 Å². The molecule has 6 heteroatoms. The molecule has 0 saturated carbocycles. The minimum absolute atomic E-state index is 0.142. The second-order valence-corrected chi connectivity index (χ2v) is 5.07. The Balaban J connectivity index is 1.83. The van der Waals surface area contributed by atoms with Crippen LogP contribution < -0.4 is 10.1 Å². The lowest BCUT2D eigenvalue weighted by Crippen LogP contribution is -2.29. The minimum Gasteiger partial charge on any atom is -0.492 e. The summed E-state index contributed by atoms with van der Waals surface area (Å²) in [5.41, 5.74) is -0.582. The molecule has 0 aromatic heterocycles. The third-order valence-corrected chi connectivity index (χ3v) is 3.19. The highest BCUT2D eigenvalue weighted by Crippen LogP contribution is 2.16. The van der Waals surface area contributed by atoms with Crippen LogP contribution in [-0.4, -0.2) is 19.1 Å². The Morgan fingerprint density at radius 3 is 2.33 bits per heavy atom. The van der Waals surface area contributed by atoms with E-state index in [1.54, 1.807) is 12.1 Å². The van der Waals surface area contributed by atoms with E-state index >= 15 is 0 Å². The first kappa shape index (κ1) is 15.4. The number of carbonyl (C=O) groups is 1. The smallest absolute Gasteiger partial charge is 0.257 e. The Bertz CT molecular complexity index is 612. The van der Waals surface area contributed by atoms with Gasteiger partial charge in [-0.3, -0.25) is 4.79 Å². The van der Waals surface area contributed by atoms with Crippen LogP contribution in [0, 0.1) is 11.6 Å². The van der Waals surface area contributed by atoms with Gasteiger partial charge in [-0.1, -0.05) is 22.0 Å². The molecule has 0 unspecified atom stereocenters. The number of nitrogens with one attached hydrogen (secondary N) is 1. The summed E-state index contributed by atoms with van der Waals surface area (Å²) in [5, 5.41) is 2.41. The second-order valence-electron chi connectivity index (χ2n) is 4.15. The molecule has 2 aromatic rings. The summed E-state index contributed by atoms with van der Waals surface area (Å²) in [5.74, 6) is -1.93. The van der Waals surface area contributed by atoms with Gasteiger partial charge in [-0.15, -0.1) is 0 Å². The topological polar surface area (TPSA) is 38.3 Å². The fourth-order valence-corrected chi connectivity index (χ4v) is 1.93. The van der Waals surface area contributed by atoms with E-state index in [0.29, 0.717) is 5.75 Å². The monoisotopic (exact) mass is 355 g/mol. The molecule has 0 saturated heterocycles. The molecule has 21 heavy (non-hydrogen) atoms. The Hall–Kier alpha value is -1.95. The van der Waals surface area contributed by atoms with Gasteiger partial charge in [-0.2, -0.15) is 0 Å². The van der Waals surface area contributed by atoms with Crippen molar-refractivity contribution < 1.29 is 18.3 Å². The van der Waals surface area contributed by atoms with Gasteiger partial charge in [0, 0.05) is 4.47 Å². The van der Waals surface area contributed by atoms with E-state index in [1.165, 1.54) is 6.07 Å². The van der Waals surface area contributed by atoms with Gasteiger partial charge in [-0.05, 0) is 36.4 Å². The summed E-state index contributed by atoms with van der Waals surface area (Å²) >= 11 is 3.30. The van der Waals surface area contributed by atoms with Crippen molar-refractivity contribution in [1.82, 2.24) is 5.32 Å². The van der Waals surface area contributed by atoms with Gasteiger partial charge in [-0.25, -0.2) is 8.78 Å².